The number of H-pyrrole nitrogens is 1. The number of aromatic amines is 1. The van der Waals surface area contributed by atoms with Crippen molar-refractivity contribution in [3.63, 3.8) is 0 Å². The number of rotatable bonds is 5. The summed E-state index contributed by atoms with van der Waals surface area (Å²) in [5, 5.41) is 7.42. The van der Waals surface area contributed by atoms with Crippen LogP contribution in [0.15, 0.2) is 42.7 Å². The molecule has 0 aliphatic carbocycles. The summed E-state index contributed by atoms with van der Waals surface area (Å²) >= 11 is 0. The van der Waals surface area contributed by atoms with Crippen LogP contribution in [0, 0.1) is 0 Å². The Morgan fingerprint density at radius 2 is 1.97 bits per heavy atom. The fourth-order valence-electron chi connectivity index (χ4n) is 4.45. The Balaban J connectivity index is 1.16. The van der Waals surface area contributed by atoms with E-state index in [4.69, 9.17) is 5.73 Å². The van der Waals surface area contributed by atoms with E-state index in [1.807, 2.05) is 0 Å². The number of carbonyl (C=O) groups is 1. The van der Waals surface area contributed by atoms with Gasteiger partial charge < -0.3 is 26.3 Å². The molecule has 2 saturated heterocycles. The molecule has 0 saturated carbocycles. The Bertz CT molecular complexity index is 1020. The van der Waals surface area contributed by atoms with E-state index >= 15 is 0 Å². The van der Waals surface area contributed by atoms with Crippen LogP contribution < -0.4 is 21.3 Å². The quantitative estimate of drug-likeness (QED) is 0.534. The normalized spacial score (nSPS) is 20.9. The van der Waals surface area contributed by atoms with Crippen molar-refractivity contribution in [2.75, 3.05) is 30.3 Å². The molecule has 1 aromatic carbocycles. The Labute approximate surface area is 169 Å². The molecule has 5 rings (SSSR count). The van der Waals surface area contributed by atoms with Gasteiger partial charge in [-0.15, -0.1) is 0 Å². The number of hydrogen-bond acceptors (Lipinski definition) is 5. The first kappa shape index (κ1) is 18.0. The Hall–Kier alpha value is -3.06. The number of nitrogens with zero attached hydrogens (tertiary/aromatic N) is 2. The molecule has 2 unspecified atom stereocenters. The van der Waals surface area contributed by atoms with Crippen molar-refractivity contribution in [3.05, 3.63) is 53.9 Å². The highest BCUT2D eigenvalue weighted by molar-refractivity contribution is 5.99. The average molecular weight is 390 g/mol. The van der Waals surface area contributed by atoms with Crippen molar-refractivity contribution in [2.45, 2.75) is 31.3 Å². The minimum absolute atomic E-state index is 0.132. The smallest absolute Gasteiger partial charge is 0.252 e. The molecule has 2 aromatic heterocycles. The summed E-state index contributed by atoms with van der Waals surface area (Å²) in [5.74, 6) is -0.132. The number of amides is 1. The third-order valence-corrected chi connectivity index (χ3v) is 6.04. The summed E-state index contributed by atoms with van der Waals surface area (Å²) in [4.78, 5) is 22.1. The Morgan fingerprint density at radius 3 is 2.72 bits per heavy atom. The summed E-state index contributed by atoms with van der Waals surface area (Å²) < 4.78 is 0. The number of benzene rings is 1. The number of nitrogens with one attached hydrogen (secondary N) is 3. The van der Waals surface area contributed by atoms with Gasteiger partial charge in [0.05, 0.1) is 11.3 Å². The van der Waals surface area contributed by atoms with Gasteiger partial charge in [-0.2, -0.15) is 0 Å². The highest BCUT2D eigenvalue weighted by atomic mass is 16.1. The first-order chi connectivity index (χ1) is 14.2. The van der Waals surface area contributed by atoms with Crippen molar-refractivity contribution >= 4 is 28.3 Å². The van der Waals surface area contributed by atoms with E-state index in [1.54, 1.807) is 18.5 Å². The summed E-state index contributed by atoms with van der Waals surface area (Å²) in [7, 11) is 0. The molecule has 2 bridgehead atoms. The molecule has 29 heavy (non-hydrogen) atoms. The molecule has 2 atom stereocenters. The van der Waals surface area contributed by atoms with Crippen molar-refractivity contribution in [1.82, 2.24) is 20.6 Å². The van der Waals surface area contributed by atoms with Crippen molar-refractivity contribution in [1.29, 1.82) is 0 Å². The van der Waals surface area contributed by atoms with Gasteiger partial charge in [0.2, 0.25) is 0 Å². The first-order valence-corrected chi connectivity index (χ1v) is 10.3. The third-order valence-electron chi connectivity index (χ3n) is 6.04. The number of nitrogens with two attached hydrogens (primary N) is 1. The monoisotopic (exact) mass is 390 g/mol. The van der Waals surface area contributed by atoms with E-state index in [-0.39, 0.29) is 5.91 Å². The second-order valence-electron chi connectivity index (χ2n) is 8.08. The SMILES string of the molecule is Nc1c[nH]c2ncc(C(=O)NCCc3ccc(N4CC5CCC(C4)N5)cc3)cc12. The zero-order valence-corrected chi connectivity index (χ0v) is 16.3. The lowest BCUT2D eigenvalue weighted by molar-refractivity contribution is 0.0954. The average Bonchev–Trinajstić information content (AvgIpc) is 3.29. The largest absolute Gasteiger partial charge is 0.397 e. The first-order valence-electron chi connectivity index (χ1n) is 10.3. The number of nitrogen functional groups attached to an aromatic ring is 1. The molecule has 7 nitrogen and oxygen atoms in total. The van der Waals surface area contributed by atoms with Crippen LogP contribution in [-0.4, -0.2) is 47.6 Å². The van der Waals surface area contributed by atoms with Crippen LogP contribution in [0.3, 0.4) is 0 Å². The molecule has 0 spiro atoms. The third kappa shape index (κ3) is 3.65. The topological polar surface area (TPSA) is 99.1 Å². The number of piperazine rings is 1. The molecule has 7 heteroatoms. The molecule has 150 valence electrons. The number of hydrogen-bond donors (Lipinski definition) is 4. The van der Waals surface area contributed by atoms with Crippen molar-refractivity contribution in [2.24, 2.45) is 0 Å². The summed E-state index contributed by atoms with van der Waals surface area (Å²) in [5.41, 5.74) is 10.2. The minimum Gasteiger partial charge on any atom is -0.397 e. The number of pyridine rings is 1. The predicted octanol–water partition coefficient (Wildman–Crippen LogP) is 2.06. The number of carbonyl (C=O) groups excluding carboxylic acids is 1. The standard InChI is InChI=1S/C22H26N6O/c23-20-11-26-21-19(20)9-15(10-25-21)22(29)24-8-7-14-1-5-18(6-2-14)28-12-16-3-4-17(13-28)27-16/h1-2,5-6,9-11,16-17,27H,3-4,7-8,12-13,23H2,(H,24,29)(H,25,26). The minimum atomic E-state index is -0.132. The van der Waals surface area contributed by atoms with Crippen molar-refractivity contribution in [3.8, 4) is 0 Å². The lowest BCUT2D eigenvalue weighted by atomic mass is 10.1. The maximum Gasteiger partial charge on any atom is 0.252 e. The Kier molecular flexibility index (Phi) is 4.60. The van der Waals surface area contributed by atoms with Gasteiger partial charge in [0.25, 0.3) is 5.91 Å². The maximum absolute atomic E-state index is 12.4. The van der Waals surface area contributed by atoms with Crippen LogP contribution in [0.2, 0.25) is 0 Å². The molecule has 2 aliphatic heterocycles. The van der Waals surface area contributed by atoms with E-state index in [0.717, 1.165) is 24.9 Å². The van der Waals surface area contributed by atoms with Crippen LogP contribution in [0.4, 0.5) is 11.4 Å². The van der Waals surface area contributed by atoms with Gasteiger partial charge in [0, 0.05) is 55.2 Å². The van der Waals surface area contributed by atoms with Gasteiger partial charge in [0.15, 0.2) is 0 Å². The lowest BCUT2D eigenvalue weighted by Gasteiger charge is -2.34. The van der Waals surface area contributed by atoms with E-state index in [1.165, 1.54) is 24.1 Å². The number of anilines is 2. The molecular weight excluding hydrogens is 364 g/mol. The molecular formula is C22H26N6O. The van der Waals surface area contributed by atoms with E-state index < -0.39 is 0 Å². The maximum atomic E-state index is 12.4. The highest BCUT2D eigenvalue weighted by Crippen LogP contribution is 2.25. The van der Waals surface area contributed by atoms with Crippen molar-refractivity contribution < 1.29 is 4.79 Å². The summed E-state index contributed by atoms with van der Waals surface area (Å²) in [6.45, 7) is 2.77. The predicted molar refractivity (Wildman–Crippen MR) is 115 cm³/mol. The summed E-state index contributed by atoms with van der Waals surface area (Å²) in [6, 6.07) is 11.8. The molecule has 2 fully saturated rings. The molecule has 2 aliphatic rings. The molecule has 5 N–H and O–H groups in total. The molecule has 4 heterocycles. The Morgan fingerprint density at radius 1 is 1.21 bits per heavy atom. The van der Waals surface area contributed by atoms with Gasteiger partial charge in [-0.1, -0.05) is 12.1 Å². The second-order valence-corrected chi connectivity index (χ2v) is 8.08. The fraction of sp³-hybridized carbons (Fsp3) is 0.364. The number of fused-ring (bicyclic) bond motifs is 3. The van der Waals surface area contributed by atoms with Gasteiger partial charge in [-0.05, 0) is 43.0 Å². The molecule has 1 amide bonds. The number of aromatic nitrogens is 2. The van der Waals surface area contributed by atoms with Gasteiger partial charge >= 0.3 is 0 Å². The zero-order chi connectivity index (χ0) is 19.8. The van der Waals surface area contributed by atoms with E-state index in [9.17, 15) is 4.79 Å². The van der Waals surface area contributed by atoms with Gasteiger partial charge in [-0.3, -0.25) is 4.79 Å². The summed E-state index contributed by atoms with van der Waals surface area (Å²) in [6.07, 6.45) is 6.63. The molecule has 3 aromatic rings. The van der Waals surface area contributed by atoms with E-state index in [2.05, 4.69) is 49.8 Å². The van der Waals surface area contributed by atoms with Crippen LogP contribution in [0.1, 0.15) is 28.8 Å². The fourth-order valence-corrected chi connectivity index (χ4v) is 4.45. The van der Waals surface area contributed by atoms with Crippen LogP contribution in [0.25, 0.3) is 11.0 Å². The van der Waals surface area contributed by atoms with E-state index in [0.29, 0.717) is 35.5 Å². The second kappa shape index (κ2) is 7.40. The molecule has 0 radical (unpaired) electrons. The highest BCUT2D eigenvalue weighted by Gasteiger charge is 2.32. The van der Waals surface area contributed by atoms with Gasteiger partial charge in [-0.25, -0.2) is 4.98 Å². The van der Waals surface area contributed by atoms with Gasteiger partial charge in [0.1, 0.15) is 5.65 Å². The lowest BCUT2D eigenvalue weighted by Crippen LogP contribution is -2.51. The van der Waals surface area contributed by atoms with Crippen LogP contribution >= 0.6 is 0 Å². The zero-order valence-electron chi connectivity index (χ0n) is 16.3. The van der Waals surface area contributed by atoms with Crippen LogP contribution in [-0.2, 0) is 6.42 Å². The van der Waals surface area contributed by atoms with Crippen LogP contribution in [0.5, 0.6) is 0 Å².